The standard InChI is InChI=1S/C23H21NO5S/c1-3-28-16-8-6-15(7-9-16)20(25)18-19(22-14(2)10-12-30-22)24(23(27)21(18)26)13-17-5-4-11-29-17/h4-12,19,25H,3,13H2,1-2H3/b20-18-. The van der Waals surface area contributed by atoms with Gasteiger partial charge in [-0.2, -0.15) is 0 Å². The first-order valence-corrected chi connectivity index (χ1v) is 10.5. The van der Waals surface area contributed by atoms with Gasteiger partial charge in [-0.25, -0.2) is 0 Å². The molecule has 1 aromatic carbocycles. The Hall–Kier alpha value is -3.32. The SMILES string of the molecule is CCOc1ccc(/C(O)=C2/C(=O)C(=O)N(Cc3ccco3)C2c2sccc2C)cc1. The van der Waals surface area contributed by atoms with Crippen molar-refractivity contribution in [3.63, 3.8) is 0 Å². The lowest BCUT2D eigenvalue weighted by molar-refractivity contribution is -0.140. The molecular formula is C23H21NO5S. The van der Waals surface area contributed by atoms with Crippen LogP contribution in [0.1, 0.15) is 34.7 Å². The molecule has 6 nitrogen and oxygen atoms in total. The molecule has 1 fully saturated rings. The molecule has 0 aliphatic carbocycles. The van der Waals surface area contributed by atoms with E-state index in [2.05, 4.69) is 0 Å². The number of amides is 1. The third-order valence-corrected chi connectivity index (χ3v) is 6.11. The Balaban J connectivity index is 1.81. The summed E-state index contributed by atoms with van der Waals surface area (Å²) in [5.41, 5.74) is 1.49. The van der Waals surface area contributed by atoms with Crippen molar-refractivity contribution >= 4 is 28.8 Å². The van der Waals surface area contributed by atoms with Crippen LogP contribution < -0.4 is 4.74 Å². The molecular weight excluding hydrogens is 402 g/mol. The highest BCUT2D eigenvalue weighted by Gasteiger charge is 2.47. The zero-order valence-electron chi connectivity index (χ0n) is 16.6. The van der Waals surface area contributed by atoms with Crippen LogP contribution in [-0.2, 0) is 16.1 Å². The van der Waals surface area contributed by atoms with E-state index < -0.39 is 17.7 Å². The van der Waals surface area contributed by atoms with Crippen LogP contribution in [0.15, 0.2) is 64.1 Å². The molecule has 0 saturated carbocycles. The monoisotopic (exact) mass is 423 g/mol. The summed E-state index contributed by atoms with van der Waals surface area (Å²) in [6.45, 7) is 4.48. The molecule has 3 heterocycles. The number of rotatable bonds is 6. The van der Waals surface area contributed by atoms with Crippen molar-refractivity contribution in [1.29, 1.82) is 0 Å². The largest absolute Gasteiger partial charge is 0.507 e. The number of nitrogens with zero attached hydrogens (tertiary/aromatic N) is 1. The lowest BCUT2D eigenvalue weighted by atomic mass is 9.98. The van der Waals surface area contributed by atoms with Gasteiger partial charge in [0.15, 0.2) is 0 Å². The maximum absolute atomic E-state index is 13.0. The first-order chi connectivity index (χ1) is 14.5. The summed E-state index contributed by atoms with van der Waals surface area (Å²) < 4.78 is 10.8. The number of aliphatic hydroxyl groups excluding tert-OH is 1. The normalized spacial score (nSPS) is 18.2. The molecule has 1 aliphatic heterocycles. The first kappa shape index (κ1) is 20.0. The number of hydrogen-bond acceptors (Lipinski definition) is 6. The van der Waals surface area contributed by atoms with Crippen LogP contribution in [0.4, 0.5) is 0 Å². The Morgan fingerprint density at radius 2 is 1.97 bits per heavy atom. The van der Waals surface area contributed by atoms with Crippen molar-refractivity contribution in [3.05, 3.63) is 81.4 Å². The predicted molar refractivity (Wildman–Crippen MR) is 113 cm³/mol. The Kier molecular flexibility index (Phi) is 5.46. The number of ketones is 1. The van der Waals surface area contributed by atoms with Crippen molar-refractivity contribution < 1.29 is 23.8 Å². The average Bonchev–Trinajstić information content (AvgIpc) is 3.46. The molecule has 1 saturated heterocycles. The second kappa shape index (κ2) is 8.20. The van der Waals surface area contributed by atoms with Crippen LogP contribution in [0.3, 0.4) is 0 Å². The van der Waals surface area contributed by atoms with Crippen molar-refractivity contribution in [3.8, 4) is 5.75 Å². The molecule has 0 bridgehead atoms. The summed E-state index contributed by atoms with van der Waals surface area (Å²) in [6.07, 6.45) is 1.53. The molecule has 1 amide bonds. The number of likely N-dealkylation sites (tertiary alicyclic amines) is 1. The third kappa shape index (κ3) is 3.52. The fourth-order valence-electron chi connectivity index (χ4n) is 3.58. The molecule has 4 rings (SSSR count). The van der Waals surface area contributed by atoms with Crippen LogP contribution in [0.5, 0.6) is 5.75 Å². The van der Waals surface area contributed by atoms with E-state index in [0.717, 1.165) is 10.4 Å². The molecule has 2 aromatic heterocycles. The average molecular weight is 423 g/mol. The van der Waals surface area contributed by atoms with Gasteiger partial charge in [0.2, 0.25) is 0 Å². The summed E-state index contributed by atoms with van der Waals surface area (Å²) >= 11 is 1.45. The zero-order valence-corrected chi connectivity index (χ0v) is 17.4. The summed E-state index contributed by atoms with van der Waals surface area (Å²) in [6, 6.07) is 11.6. The Bertz CT molecular complexity index is 1100. The number of Topliss-reactive ketones (excluding diaryl/α,β-unsaturated/α-hetero) is 1. The Labute approximate surface area is 178 Å². The van der Waals surface area contributed by atoms with Gasteiger partial charge in [0.25, 0.3) is 11.7 Å². The Morgan fingerprint density at radius 1 is 1.20 bits per heavy atom. The van der Waals surface area contributed by atoms with Gasteiger partial charge in [0.05, 0.1) is 25.0 Å². The molecule has 1 atom stereocenters. The molecule has 154 valence electrons. The number of aliphatic hydroxyl groups is 1. The number of hydrogen-bond donors (Lipinski definition) is 1. The fourth-order valence-corrected chi connectivity index (χ4v) is 4.63. The van der Waals surface area contributed by atoms with Gasteiger partial charge in [0.1, 0.15) is 23.3 Å². The minimum absolute atomic E-state index is 0.0845. The van der Waals surface area contributed by atoms with Gasteiger partial charge in [0, 0.05) is 10.4 Å². The summed E-state index contributed by atoms with van der Waals surface area (Å²) in [4.78, 5) is 28.2. The Morgan fingerprint density at radius 3 is 2.57 bits per heavy atom. The van der Waals surface area contributed by atoms with Gasteiger partial charge in [-0.15, -0.1) is 11.3 Å². The van der Waals surface area contributed by atoms with Gasteiger partial charge in [-0.1, -0.05) is 0 Å². The number of carbonyl (C=O) groups is 2. The molecule has 3 aromatic rings. The van der Waals surface area contributed by atoms with Crippen molar-refractivity contribution in [2.45, 2.75) is 26.4 Å². The molecule has 0 radical (unpaired) electrons. The second-order valence-corrected chi connectivity index (χ2v) is 7.88. The molecule has 0 spiro atoms. The summed E-state index contributed by atoms with van der Waals surface area (Å²) in [5.74, 6) is -0.325. The van der Waals surface area contributed by atoms with Gasteiger partial charge in [-0.05, 0) is 67.3 Å². The minimum Gasteiger partial charge on any atom is -0.507 e. The van der Waals surface area contributed by atoms with Crippen LogP contribution in [0, 0.1) is 6.92 Å². The van der Waals surface area contributed by atoms with Crippen molar-refractivity contribution in [1.82, 2.24) is 4.90 Å². The molecule has 1 aliphatic rings. The molecule has 1 unspecified atom stereocenters. The van der Waals surface area contributed by atoms with Crippen molar-refractivity contribution in [2.24, 2.45) is 0 Å². The maximum atomic E-state index is 13.0. The predicted octanol–water partition coefficient (Wildman–Crippen LogP) is 4.67. The number of furan rings is 1. The van der Waals surface area contributed by atoms with E-state index in [-0.39, 0.29) is 17.9 Å². The van der Waals surface area contributed by atoms with E-state index in [1.807, 2.05) is 25.3 Å². The number of carbonyl (C=O) groups excluding carboxylic acids is 2. The summed E-state index contributed by atoms with van der Waals surface area (Å²) in [5, 5.41) is 13.0. The van der Waals surface area contributed by atoms with E-state index in [1.54, 1.807) is 36.4 Å². The van der Waals surface area contributed by atoms with Gasteiger partial charge < -0.3 is 19.2 Å². The number of thiophene rings is 1. The first-order valence-electron chi connectivity index (χ1n) is 9.59. The number of aryl methyl sites for hydroxylation is 1. The highest BCUT2D eigenvalue weighted by molar-refractivity contribution is 7.10. The lowest BCUT2D eigenvalue weighted by Gasteiger charge is -2.24. The highest BCUT2D eigenvalue weighted by Crippen LogP contribution is 2.43. The van der Waals surface area contributed by atoms with E-state index in [0.29, 0.717) is 23.7 Å². The van der Waals surface area contributed by atoms with Crippen molar-refractivity contribution in [2.75, 3.05) is 6.61 Å². The van der Waals surface area contributed by atoms with Gasteiger partial charge >= 0.3 is 0 Å². The molecule has 30 heavy (non-hydrogen) atoms. The number of ether oxygens (including phenoxy) is 1. The van der Waals surface area contributed by atoms with E-state index >= 15 is 0 Å². The zero-order chi connectivity index (χ0) is 21.3. The van der Waals surface area contributed by atoms with Crippen LogP contribution in [0.2, 0.25) is 0 Å². The van der Waals surface area contributed by atoms with E-state index in [4.69, 9.17) is 9.15 Å². The lowest BCUT2D eigenvalue weighted by Crippen LogP contribution is -2.28. The van der Waals surface area contributed by atoms with Crippen LogP contribution in [-0.4, -0.2) is 28.3 Å². The smallest absolute Gasteiger partial charge is 0.296 e. The highest BCUT2D eigenvalue weighted by atomic mass is 32.1. The topological polar surface area (TPSA) is 80.0 Å². The molecule has 1 N–H and O–H groups in total. The van der Waals surface area contributed by atoms with E-state index in [9.17, 15) is 14.7 Å². The maximum Gasteiger partial charge on any atom is 0.296 e. The minimum atomic E-state index is -0.703. The van der Waals surface area contributed by atoms with Gasteiger partial charge in [-0.3, -0.25) is 9.59 Å². The molecule has 7 heteroatoms. The third-order valence-electron chi connectivity index (χ3n) is 5.04. The fraction of sp³-hybridized carbons (Fsp3) is 0.217. The van der Waals surface area contributed by atoms with E-state index in [1.165, 1.54) is 22.5 Å². The number of benzene rings is 1. The quantitative estimate of drug-likeness (QED) is 0.354. The van der Waals surface area contributed by atoms with Crippen LogP contribution >= 0.6 is 11.3 Å². The van der Waals surface area contributed by atoms with Crippen LogP contribution in [0.25, 0.3) is 5.76 Å². The summed E-state index contributed by atoms with van der Waals surface area (Å²) in [7, 11) is 0. The second-order valence-electron chi connectivity index (χ2n) is 6.93.